The lowest BCUT2D eigenvalue weighted by Crippen LogP contribution is -2.15. The Hall–Kier alpha value is -3.27. The number of hydrogen-bond acceptors (Lipinski definition) is 7. The van der Waals surface area contributed by atoms with Crippen molar-refractivity contribution in [2.45, 2.75) is 50.8 Å². The van der Waals surface area contributed by atoms with Crippen LogP contribution in [0.5, 0.6) is 5.88 Å². The number of imidazole rings is 1. The van der Waals surface area contributed by atoms with Crippen LogP contribution < -0.4 is 4.74 Å². The number of Topliss-reactive ketones (excluding diaryl/α,β-unsaturated/α-hetero) is 1. The first-order valence-electron chi connectivity index (χ1n) is 13.4. The summed E-state index contributed by atoms with van der Waals surface area (Å²) in [7, 11) is -2.37. The molecule has 0 aliphatic rings. The average molecular weight is 613 g/mol. The van der Waals surface area contributed by atoms with Gasteiger partial charge >= 0.3 is 0 Å². The number of benzene rings is 2. The van der Waals surface area contributed by atoms with Crippen molar-refractivity contribution in [1.82, 2.24) is 9.55 Å². The van der Waals surface area contributed by atoms with E-state index in [-0.39, 0.29) is 34.5 Å². The van der Waals surface area contributed by atoms with E-state index in [1.165, 1.54) is 18.4 Å². The molecule has 0 saturated heterocycles. The number of thiophene rings is 1. The van der Waals surface area contributed by atoms with E-state index in [0.29, 0.717) is 40.6 Å². The van der Waals surface area contributed by atoms with Crippen molar-refractivity contribution in [3.63, 3.8) is 0 Å². The summed E-state index contributed by atoms with van der Waals surface area (Å²) in [5, 5.41) is 0.410. The highest BCUT2D eigenvalue weighted by Gasteiger charge is 2.27. The number of hydrogen-bond donors (Lipinski definition) is 0. The molecule has 7 nitrogen and oxygen atoms in total. The van der Waals surface area contributed by atoms with E-state index in [9.17, 15) is 18.0 Å². The van der Waals surface area contributed by atoms with Gasteiger partial charge < -0.3 is 9.30 Å². The van der Waals surface area contributed by atoms with Crippen molar-refractivity contribution < 1.29 is 22.7 Å². The van der Waals surface area contributed by atoms with Gasteiger partial charge in [-0.05, 0) is 42.0 Å². The second-order valence-corrected chi connectivity index (χ2v) is 14.0. The molecular formula is C31H33ClN2O5S2. The van der Waals surface area contributed by atoms with Gasteiger partial charge in [-0.1, -0.05) is 74.8 Å². The summed E-state index contributed by atoms with van der Waals surface area (Å²) in [6.07, 6.45) is 2.26. The second-order valence-electron chi connectivity index (χ2n) is 10.3. The van der Waals surface area contributed by atoms with Gasteiger partial charge in [0.2, 0.25) is 5.88 Å². The normalized spacial score (nSPS) is 11.7. The highest BCUT2D eigenvalue weighted by molar-refractivity contribution is 7.94. The lowest BCUT2D eigenvalue weighted by Gasteiger charge is -2.13. The van der Waals surface area contributed by atoms with Crippen LogP contribution in [0.2, 0.25) is 5.02 Å². The Morgan fingerprint density at radius 1 is 1.12 bits per heavy atom. The number of aromatic nitrogens is 2. The topological polar surface area (TPSA) is 95.3 Å². The number of methoxy groups -OCH3 is 1. The van der Waals surface area contributed by atoms with E-state index in [2.05, 4.69) is 18.8 Å². The average Bonchev–Trinajstić information content (AvgIpc) is 3.51. The Morgan fingerprint density at radius 2 is 1.85 bits per heavy atom. The quantitative estimate of drug-likeness (QED) is 0.149. The maximum atomic E-state index is 13.4. The van der Waals surface area contributed by atoms with Crippen LogP contribution >= 0.6 is 22.9 Å². The molecule has 0 saturated carbocycles. The molecule has 0 radical (unpaired) electrons. The summed E-state index contributed by atoms with van der Waals surface area (Å²) >= 11 is 8.02. The molecule has 2 aromatic carbocycles. The summed E-state index contributed by atoms with van der Waals surface area (Å²) in [4.78, 5) is 29.8. The molecule has 2 heterocycles. The van der Waals surface area contributed by atoms with Crippen LogP contribution in [0.15, 0.2) is 58.8 Å². The van der Waals surface area contributed by atoms with Crippen molar-refractivity contribution in [3.8, 4) is 28.4 Å². The van der Waals surface area contributed by atoms with Gasteiger partial charge in [-0.2, -0.15) is 4.98 Å². The third-order valence-electron chi connectivity index (χ3n) is 6.52. The number of ether oxygens (including phenoxy) is 1. The summed E-state index contributed by atoms with van der Waals surface area (Å²) in [6.45, 7) is 6.25. The molecule has 0 N–H and O–H groups in total. The van der Waals surface area contributed by atoms with Gasteiger partial charge in [0.1, 0.15) is 27.3 Å². The number of ketones is 1. The van der Waals surface area contributed by atoms with Crippen LogP contribution in [-0.2, 0) is 27.6 Å². The fourth-order valence-electron chi connectivity index (χ4n) is 4.68. The van der Waals surface area contributed by atoms with Crippen molar-refractivity contribution in [1.29, 1.82) is 0 Å². The van der Waals surface area contributed by atoms with Crippen LogP contribution in [0.3, 0.4) is 0 Å². The fourth-order valence-corrected chi connectivity index (χ4v) is 8.25. The zero-order chi connectivity index (χ0) is 29.7. The van der Waals surface area contributed by atoms with Crippen LogP contribution in [0.1, 0.15) is 54.5 Å². The number of carbonyl (C=O) groups excluding carboxylic acids is 2. The summed E-state index contributed by atoms with van der Waals surface area (Å²) in [5.41, 5.74) is 3.01. The first kappa shape index (κ1) is 30.7. The molecule has 0 atom stereocenters. The number of rotatable bonds is 13. The molecule has 2 aromatic heterocycles. The van der Waals surface area contributed by atoms with Crippen molar-refractivity contribution in [2.75, 3.05) is 12.9 Å². The maximum Gasteiger partial charge on any atom is 0.243 e. The highest BCUT2D eigenvalue weighted by Crippen LogP contribution is 2.39. The minimum absolute atomic E-state index is 0.190. The Balaban J connectivity index is 1.75. The highest BCUT2D eigenvalue weighted by atomic mass is 35.5. The van der Waals surface area contributed by atoms with Crippen LogP contribution in [0.25, 0.3) is 22.5 Å². The smallest absolute Gasteiger partial charge is 0.243 e. The molecule has 41 heavy (non-hydrogen) atoms. The van der Waals surface area contributed by atoms with E-state index < -0.39 is 15.6 Å². The van der Waals surface area contributed by atoms with E-state index in [1.807, 2.05) is 55.5 Å². The third-order valence-corrected chi connectivity index (χ3v) is 10.3. The van der Waals surface area contributed by atoms with Gasteiger partial charge in [0.15, 0.2) is 16.1 Å². The summed E-state index contributed by atoms with van der Waals surface area (Å²) in [5.74, 6) is 0.311. The predicted molar refractivity (Wildman–Crippen MR) is 164 cm³/mol. The fraction of sp³-hybridized carbons (Fsp3) is 0.323. The molecule has 0 amide bonds. The number of nitrogens with zero attached hydrogens (tertiary/aromatic N) is 2. The molecule has 10 heteroatoms. The molecule has 0 unspecified atom stereocenters. The Morgan fingerprint density at radius 3 is 2.46 bits per heavy atom. The largest absolute Gasteiger partial charge is 0.479 e. The first-order chi connectivity index (χ1) is 19.6. The molecule has 0 bridgehead atoms. The molecular weight excluding hydrogens is 580 g/mol. The summed E-state index contributed by atoms with van der Waals surface area (Å²) < 4.78 is 34.1. The SMILES string of the molecule is CCCC(=O)CS(=O)(=O)c1sc(CC(C)C)cc1-c1ccc(Cn2c(-c3ccccc3)nc(OC)c2C=O)c(Cl)c1. The molecule has 0 aliphatic heterocycles. The molecule has 4 aromatic rings. The number of halogens is 1. The summed E-state index contributed by atoms with van der Waals surface area (Å²) in [6, 6.07) is 16.8. The van der Waals surface area contributed by atoms with Gasteiger partial charge in [0, 0.05) is 27.4 Å². The van der Waals surface area contributed by atoms with E-state index in [1.54, 1.807) is 10.6 Å². The molecule has 0 spiro atoms. The van der Waals surface area contributed by atoms with Crippen LogP contribution in [0.4, 0.5) is 0 Å². The predicted octanol–water partition coefficient (Wildman–Crippen LogP) is 7.14. The molecule has 0 fully saturated rings. The van der Waals surface area contributed by atoms with Gasteiger partial charge in [0.05, 0.1) is 13.7 Å². The van der Waals surface area contributed by atoms with Crippen molar-refractivity contribution in [2.24, 2.45) is 5.92 Å². The van der Waals surface area contributed by atoms with Gasteiger partial charge in [-0.15, -0.1) is 11.3 Å². The maximum absolute atomic E-state index is 13.4. The lowest BCUT2D eigenvalue weighted by molar-refractivity contribution is -0.116. The monoisotopic (exact) mass is 612 g/mol. The van der Waals surface area contributed by atoms with E-state index in [0.717, 1.165) is 22.4 Å². The standard InChI is InChI=1S/C31H33ClN2O5S2/c1-5-9-24(36)19-41(37,38)31-26(16-25(40-31)14-20(2)3)22-12-13-23(27(32)15-22)17-34-28(18-35)30(39-4)33-29(34)21-10-7-6-8-11-21/h6-8,10-13,15-16,18,20H,5,9,14,17,19H2,1-4H3. The zero-order valence-electron chi connectivity index (χ0n) is 23.5. The third kappa shape index (κ3) is 6.97. The molecule has 0 aliphatic carbocycles. The van der Waals surface area contributed by atoms with Gasteiger partial charge in [-0.25, -0.2) is 8.42 Å². The Kier molecular flexibility index (Phi) is 9.84. The zero-order valence-corrected chi connectivity index (χ0v) is 25.9. The van der Waals surface area contributed by atoms with Crippen LogP contribution in [-0.4, -0.2) is 42.9 Å². The number of carbonyl (C=O) groups is 2. The Bertz CT molecular complexity index is 1660. The van der Waals surface area contributed by atoms with Gasteiger partial charge in [-0.3, -0.25) is 9.59 Å². The minimum Gasteiger partial charge on any atom is -0.479 e. The minimum atomic E-state index is -3.83. The van der Waals surface area contributed by atoms with Crippen molar-refractivity contribution in [3.05, 3.63) is 75.8 Å². The molecule has 4 rings (SSSR count). The van der Waals surface area contributed by atoms with E-state index >= 15 is 0 Å². The van der Waals surface area contributed by atoms with Gasteiger partial charge in [0.25, 0.3) is 0 Å². The number of aldehydes is 1. The number of sulfone groups is 1. The van der Waals surface area contributed by atoms with E-state index in [4.69, 9.17) is 16.3 Å². The molecule has 216 valence electrons. The Labute approximate surface area is 250 Å². The second kappa shape index (κ2) is 13.1. The van der Waals surface area contributed by atoms with Crippen LogP contribution in [0, 0.1) is 5.92 Å². The lowest BCUT2D eigenvalue weighted by atomic mass is 10.0. The van der Waals surface area contributed by atoms with Crippen molar-refractivity contribution >= 4 is 44.8 Å². The first-order valence-corrected chi connectivity index (χ1v) is 16.2.